The highest BCUT2D eigenvalue weighted by Gasteiger charge is 2.25. The van der Waals surface area contributed by atoms with Crippen LogP contribution in [0, 0.1) is 11.8 Å². The fraction of sp³-hybridized carbons (Fsp3) is 0.857. The molecule has 2 aliphatic rings. The molecular formula is C14H25B. The molecule has 15 heavy (non-hydrogen) atoms. The highest BCUT2D eigenvalue weighted by atomic mass is 14.3. The van der Waals surface area contributed by atoms with Crippen LogP contribution < -0.4 is 0 Å². The zero-order chi connectivity index (χ0) is 10.7. The van der Waals surface area contributed by atoms with Crippen LogP contribution in [0.15, 0.2) is 11.6 Å². The molecule has 1 fully saturated rings. The maximum absolute atomic E-state index is 2.55. The van der Waals surface area contributed by atoms with Crippen LogP contribution >= 0.6 is 0 Å². The molecule has 2 rings (SSSR count). The van der Waals surface area contributed by atoms with Crippen molar-refractivity contribution in [1.82, 2.24) is 0 Å². The molecule has 1 saturated carbocycles. The van der Waals surface area contributed by atoms with E-state index in [-0.39, 0.29) is 0 Å². The van der Waals surface area contributed by atoms with E-state index in [4.69, 9.17) is 0 Å². The molecule has 0 bridgehead atoms. The molecule has 1 atom stereocenters. The van der Waals surface area contributed by atoms with Gasteiger partial charge in [0.25, 0.3) is 0 Å². The summed E-state index contributed by atoms with van der Waals surface area (Å²) >= 11 is 0. The Morgan fingerprint density at radius 3 is 2.53 bits per heavy atom. The molecule has 84 valence electrons. The van der Waals surface area contributed by atoms with Crippen molar-refractivity contribution in [2.24, 2.45) is 11.8 Å². The minimum atomic E-state index is 0.887. The summed E-state index contributed by atoms with van der Waals surface area (Å²) in [6, 6.07) is 0. The third-order valence-corrected chi connectivity index (χ3v) is 4.68. The quantitative estimate of drug-likeness (QED) is 0.474. The summed E-state index contributed by atoms with van der Waals surface area (Å²) in [7, 11) is 2.48. The van der Waals surface area contributed by atoms with E-state index < -0.39 is 0 Å². The third-order valence-electron chi connectivity index (χ3n) is 4.68. The van der Waals surface area contributed by atoms with Crippen LogP contribution in [0.3, 0.4) is 0 Å². The molecule has 0 aromatic rings. The van der Waals surface area contributed by atoms with Crippen molar-refractivity contribution >= 4 is 7.85 Å². The number of hydrogen-bond acceptors (Lipinski definition) is 0. The lowest BCUT2D eigenvalue weighted by molar-refractivity contribution is 0.286. The predicted molar refractivity (Wildman–Crippen MR) is 70.0 cm³/mol. The molecule has 0 N–H and O–H groups in total. The Kier molecular flexibility index (Phi) is 3.94. The summed E-state index contributed by atoms with van der Waals surface area (Å²) in [4.78, 5) is 0. The molecule has 0 aromatic heterocycles. The Bertz CT molecular complexity index is 223. The summed E-state index contributed by atoms with van der Waals surface area (Å²) in [5.74, 6) is 2.89. The largest absolute Gasteiger partial charge is 0.111 e. The lowest BCUT2D eigenvalue weighted by Gasteiger charge is -2.33. The predicted octanol–water partition coefficient (Wildman–Crippen LogP) is 3.73. The summed E-state index contributed by atoms with van der Waals surface area (Å²) in [6.45, 7) is 2.42. The zero-order valence-electron chi connectivity index (χ0n) is 10.5. The molecule has 0 spiro atoms. The number of rotatable bonds is 2. The van der Waals surface area contributed by atoms with Crippen molar-refractivity contribution in [2.45, 2.75) is 64.1 Å². The van der Waals surface area contributed by atoms with E-state index in [0.717, 1.165) is 17.7 Å². The third kappa shape index (κ3) is 2.89. The van der Waals surface area contributed by atoms with Gasteiger partial charge in [-0.25, -0.2) is 0 Å². The summed E-state index contributed by atoms with van der Waals surface area (Å²) in [6.07, 6.45) is 14.1. The highest BCUT2D eigenvalue weighted by molar-refractivity contribution is 6.13. The molecule has 0 aromatic carbocycles. The molecule has 0 amide bonds. The molecule has 1 unspecified atom stereocenters. The number of allylic oxidation sites excluding steroid dienone is 2. The van der Waals surface area contributed by atoms with E-state index in [9.17, 15) is 0 Å². The molecule has 0 aliphatic heterocycles. The topological polar surface area (TPSA) is 0 Å². The van der Waals surface area contributed by atoms with Crippen LogP contribution in [0.5, 0.6) is 0 Å². The van der Waals surface area contributed by atoms with Crippen molar-refractivity contribution in [3.8, 4) is 0 Å². The maximum Gasteiger partial charge on any atom is 0.111 e. The first-order valence-electron chi connectivity index (χ1n) is 6.96. The van der Waals surface area contributed by atoms with Gasteiger partial charge in [-0.3, -0.25) is 0 Å². The monoisotopic (exact) mass is 204 g/mol. The second-order valence-corrected chi connectivity index (χ2v) is 5.83. The highest BCUT2D eigenvalue weighted by Crippen LogP contribution is 2.40. The molecule has 0 saturated heterocycles. The van der Waals surface area contributed by atoms with Gasteiger partial charge in [0.05, 0.1) is 0 Å². The standard InChI is InChI=1S/C14H25B/c1-11-7-9-13(10-8-11)14(15)12-5-3-2-4-6-12/h5,11,13-14H,2-4,6-10,15H2,1H3. The van der Waals surface area contributed by atoms with Gasteiger partial charge in [0.2, 0.25) is 0 Å². The minimum Gasteiger partial charge on any atom is -0.0858 e. The van der Waals surface area contributed by atoms with Gasteiger partial charge in [-0.05, 0) is 43.3 Å². The minimum absolute atomic E-state index is 0.887. The van der Waals surface area contributed by atoms with Gasteiger partial charge in [0.15, 0.2) is 0 Å². The smallest absolute Gasteiger partial charge is 0.0858 e. The van der Waals surface area contributed by atoms with Crippen LogP contribution in [-0.4, -0.2) is 7.85 Å². The van der Waals surface area contributed by atoms with E-state index in [1.165, 1.54) is 51.4 Å². The number of hydrogen-bond donors (Lipinski definition) is 0. The Morgan fingerprint density at radius 1 is 1.20 bits per heavy atom. The molecule has 0 nitrogen and oxygen atoms in total. The van der Waals surface area contributed by atoms with E-state index in [0.29, 0.717) is 0 Å². The van der Waals surface area contributed by atoms with E-state index in [2.05, 4.69) is 20.8 Å². The van der Waals surface area contributed by atoms with Gasteiger partial charge in [-0.2, -0.15) is 0 Å². The van der Waals surface area contributed by atoms with Gasteiger partial charge in [0.1, 0.15) is 7.85 Å². The average Bonchev–Trinajstić information content (AvgIpc) is 2.30. The fourth-order valence-electron chi connectivity index (χ4n) is 3.37. The molecule has 0 heterocycles. The first-order valence-corrected chi connectivity index (χ1v) is 6.96. The van der Waals surface area contributed by atoms with Gasteiger partial charge in [-0.1, -0.05) is 44.3 Å². The molecular weight excluding hydrogens is 179 g/mol. The zero-order valence-corrected chi connectivity index (χ0v) is 10.5. The Labute approximate surface area is 95.9 Å². The van der Waals surface area contributed by atoms with Crippen molar-refractivity contribution in [3.05, 3.63) is 11.6 Å². The SMILES string of the molecule is BC(C1=CCCCC1)C1CCC(C)CC1. The molecule has 1 heteroatoms. The second-order valence-electron chi connectivity index (χ2n) is 5.83. The van der Waals surface area contributed by atoms with Crippen molar-refractivity contribution < 1.29 is 0 Å². The summed E-state index contributed by atoms with van der Waals surface area (Å²) in [5.41, 5.74) is 1.79. The Balaban J connectivity index is 1.89. The van der Waals surface area contributed by atoms with Crippen LogP contribution in [0.2, 0.25) is 5.82 Å². The lowest BCUT2D eigenvalue weighted by atomic mass is 9.64. The van der Waals surface area contributed by atoms with E-state index >= 15 is 0 Å². The van der Waals surface area contributed by atoms with Gasteiger partial charge < -0.3 is 0 Å². The molecule has 0 radical (unpaired) electrons. The second kappa shape index (κ2) is 5.23. The lowest BCUT2D eigenvalue weighted by Crippen LogP contribution is -2.19. The van der Waals surface area contributed by atoms with Crippen molar-refractivity contribution in [3.63, 3.8) is 0 Å². The first kappa shape index (κ1) is 11.3. The van der Waals surface area contributed by atoms with E-state index in [1.807, 2.05) is 0 Å². The molecule has 2 aliphatic carbocycles. The van der Waals surface area contributed by atoms with Crippen LogP contribution in [-0.2, 0) is 0 Å². The maximum atomic E-state index is 2.55. The van der Waals surface area contributed by atoms with E-state index in [1.54, 1.807) is 5.57 Å². The normalized spacial score (nSPS) is 34.6. The van der Waals surface area contributed by atoms with Crippen molar-refractivity contribution in [1.29, 1.82) is 0 Å². The van der Waals surface area contributed by atoms with Gasteiger partial charge in [0, 0.05) is 0 Å². The summed E-state index contributed by atoms with van der Waals surface area (Å²) in [5, 5.41) is 0. The summed E-state index contributed by atoms with van der Waals surface area (Å²) < 4.78 is 0. The van der Waals surface area contributed by atoms with Gasteiger partial charge >= 0.3 is 0 Å². The Hall–Kier alpha value is -0.195. The van der Waals surface area contributed by atoms with Crippen LogP contribution in [0.25, 0.3) is 0 Å². The van der Waals surface area contributed by atoms with Crippen molar-refractivity contribution in [2.75, 3.05) is 0 Å². The first-order chi connectivity index (χ1) is 7.27. The Morgan fingerprint density at radius 2 is 1.93 bits per heavy atom. The van der Waals surface area contributed by atoms with Crippen LogP contribution in [0.1, 0.15) is 58.3 Å². The fourth-order valence-corrected chi connectivity index (χ4v) is 3.37. The average molecular weight is 204 g/mol. The van der Waals surface area contributed by atoms with Crippen LogP contribution in [0.4, 0.5) is 0 Å². The van der Waals surface area contributed by atoms with Gasteiger partial charge in [-0.15, -0.1) is 0 Å².